The first kappa shape index (κ1) is 27.1. The van der Waals surface area contributed by atoms with Gasteiger partial charge in [-0.15, -0.1) is 11.3 Å². The summed E-state index contributed by atoms with van der Waals surface area (Å²) >= 11 is 1.61. The van der Waals surface area contributed by atoms with Gasteiger partial charge in [0.2, 0.25) is 5.91 Å². The lowest BCUT2D eigenvalue weighted by molar-refractivity contribution is -0.126. The molecule has 0 spiro atoms. The number of carbonyl (C=O) groups is 3. The Hall–Kier alpha value is -3.53. The van der Waals surface area contributed by atoms with Crippen molar-refractivity contribution in [2.75, 3.05) is 32.0 Å². The van der Waals surface area contributed by atoms with Gasteiger partial charge in [0.05, 0.1) is 13.1 Å². The summed E-state index contributed by atoms with van der Waals surface area (Å²) in [5, 5.41) is 5.96. The number of hydrogen-bond donors (Lipinski definition) is 1. The number of likely N-dealkylation sites (tertiary alicyclic amines) is 1. The van der Waals surface area contributed by atoms with E-state index in [4.69, 9.17) is 4.74 Å². The Balaban J connectivity index is 1.66. The fourth-order valence-corrected chi connectivity index (χ4v) is 4.32. The van der Waals surface area contributed by atoms with Crippen LogP contribution in [0.3, 0.4) is 0 Å². The molecule has 0 radical (unpaired) electrons. The number of amides is 2. The highest BCUT2D eigenvalue weighted by atomic mass is 32.1. The van der Waals surface area contributed by atoms with Crippen molar-refractivity contribution in [3.63, 3.8) is 0 Å². The van der Waals surface area contributed by atoms with Gasteiger partial charge in [-0.25, -0.2) is 14.8 Å². The largest absolute Gasteiger partial charge is 0.444 e. The first-order valence-corrected chi connectivity index (χ1v) is 12.7. The SMILES string of the molecule is CNc1ncc(/C=C/C(=O)N2CCC(=Cc3nccs3)CC2)cc1CN(CC=O)C(=O)OC(C)(C)C. The molecule has 0 atom stereocenters. The quantitative estimate of drug-likeness (QED) is 0.418. The number of nitrogens with one attached hydrogen (secondary N) is 1. The van der Waals surface area contributed by atoms with Gasteiger partial charge in [0.1, 0.15) is 22.7 Å². The summed E-state index contributed by atoms with van der Waals surface area (Å²) < 4.78 is 5.43. The van der Waals surface area contributed by atoms with E-state index in [0.717, 1.165) is 17.8 Å². The third-order valence-corrected chi connectivity index (χ3v) is 6.17. The summed E-state index contributed by atoms with van der Waals surface area (Å²) in [6.07, 6.45) is 10.6. The molecule has 1 saturated heterocycles. The first-order valence-electron chi connectivity index (χ1n) is 11.8. The standard InChI is InChI=1S/C26H33N5O4S/c1-26(2,3)35-25(34)31(12-13-32)18-21-15-20(17-29-24(21)27-4)5-6-23(33)30-10-7-19(8-11-30)16-22-28-9-14-36-22/h5-6,9,13-17H,7-8,10-12,18H2,1-4H3,(H,27,29)/b6-5+. The Kier molecular flexibility index (Phi) is 9.35. The van der Waals surface area contributed by atoms with E-state index < -0.39 is 11.7 Å². The zero-order chi connectivity index (χ0) is 26.1. The highest BCUT2D eigenvalue weighted by Crippen LogP contribution is 2.22. The molecular formula is C26H33N5O4S. The number of nitrogens with zero attached hydrogens (tertiary/aromatic N) is 4. The lowest BCUT2D eigenvalue weighted by atomic mass is 10.0. The Labute approximate surface area is 215 Å². The molecule has 0 aromatic carbocycles. The van der Waals surface area contributed by atoms with Crippen LogP contribution in [-0.4, -0.2) is 70.3 Å². The minimum absolute atomic E-state index is 0.0566. The Morgan fingerprint density at radius 2 is 2.00 bits per heavy atom. The normalized spacial score (nSPS) is 14.0. The molecule has 2 aromatic heterocycles. The van der Waals surface area contributed by atoms with Crippen molar-refractivity contribution in [2.45, 2.75) is 45.8 Å². The van der Waals surface area contributed by atoms with E-state index in [-0.39, 0.29) is 19.0 Å². The van der Waals surface area contributed by atoms with Gasteiger partial charge in [0.25, 0.3) is 0 Å². The van der Waals surface area contributed by atoms with E-state index in [1.165, 1.54) is 10.5 Å². The second kappa shape index (κ2) is 12.4. The van der Waals surface area contributed by atoms with Gasteiger partial charge in [-0.3, -0.25) is 9.69 Å². The summed E-state index contributed by atoms with van der Waals surface area (Å²) in [4.78, 5) is 48.4. The number of rotatable bonds is 8. The molecule has 3 heterocycles. The van der Waals surface area contributed by atoms with Crippen molar-refractivity contribution in [3.8, 4) is 0 Å². The third-order valence-electron chi connectivity index (χ3n) is 5.45. The fraction of sp³-hybridized carbons (Fsp3) is 0.423. The van der Waals surface area contributed by atoms with Crippen molar-refractivity contribution < 1.29 is 19.1 Å². The fourth-order valence-electron chi connectivity index (χ4n) is 3.70. The number of thiazole rings is 1. The molecule has 2 amide bonds. The van der Waals surface area contributed by atoms with Gasteiger partial charge in [-0.1, -0.05) is 5.57 Å². The third kappa shape index (κ3) is 8.01. The van der Waals surface area contributed by atoms with E-state index in [0.29, 0.717) is 36.3 Å². The van der Waals surface area contributed by atoms with Crippen LogP contribution in [0, 0.1) is 0 Å². The van der Waals surface area contributed by atoms with Gasteiger partial charge in [0.15, 0.2) is 0 Å². The van der Waals surface area contributed by atoms with Crippen molar-refractivity contribution >= 4 is 47.6 Å². The molecule has 0 aliphatic carbocycles. The molecule has 1 fully saturated rings. The Morgan fingerprint density at radius 1 is 1.25 bits per heavy atom. The van der Waals surface area contributed by atoms with Crippen LogP contribution in [0.15, 0.2) is 35.5 Å². The number of hydrogen-bond acceptors (Lipinski definition) is 8. The molecule has 36 heavy (non-hydrogen) atoms. The van der Waals surface area contributed by atoms with Crippen LogP contribution in [0.25, 0.3) is 12.2 Å². The highest BCUT2D eigenvalue weighted by molar-refractivity contribution is 7.10. The average molecular weight is 512 g/mol. The smallest absolute Gasteiger partial charge is 0.410 e. The molecule has 0 unspecified atom stereocenters. The van der Waals surface area contributed by atoms with Gasteiger partial charge < -0.3 is 19.7 Å². The Morgan fingerprint density at radius 3 is 2.61 bits per heavy atom. The Bertz CT molecular complexity index is 1110. The molecule has 1 aliphatic heterocycles. The summed E-state index contributed by atoms with van der Waals surface area (Å²) in [5.74, 6) is 0.521. The maximum absolute atomic E-state index is 12.8. The molecule has 10 heteroatoms. The van der Waals surface area contributed by atoms with Crippen LogP contribution in [0.2, 0.25) is 0 Å². The molecule has 9 nitrogen and oxygen atoms in total. The van der Waals surface area contributed by atoms with Gasteiger partial charge in [-0.2, -0.15) is 0 Å². The zero-order valence-electron chi connectivity index (χ0n) is 21.2. The van der Waals surface area contributed by atoms with E-state index in [1.807, 2.05) is 16.3 Å². The van der Waals surface area contributed by atoms with Gasteiger partial charge in [-0.05, 0) is 57.4 Å². The number of carbonyl (C=O) groups excluding carboxylic acids is 3. The number of aldehydes is 1. The van der Waals surface area contributed by atoms with Gasteiger partial charge >= 0.3 is 6.09 Å². The lowest BCUT2D eigenvalue weighted by Gasteiger charge is -2.27. The lowest BCUT2D eigenvalue weighted by Crippen LogP contribution is -2.37. The maximum atomic E-state index is 12.8. The minimum Gasteiger partial charge on any atom is -0.444 e. The number of anilines is 1. The van der Waals surface area contributed by atoms with Crippen molar-refractivity contribution in [1.29, 1.82) is 0 Å². The van der Waals surface area contributed by atoms with E-state index in [2.05, 4.69) is 21.4 Å². The van der Waals surface area contributed by atoms with Crippen LogP contribution in [0.5, 0.6) is 0 Å². The molecule has 1 N–H and O–H groups in total. The van der Waals surface area contributed by atoms with Crippen molar-refractivity contribution in [2.24, 2.45) is 0 Å². The van der Waals surface area contributed by atoms with Gasteiger partial charge in [0, 0.05) is 49.6 Å². The van der Waals surface area contributed by atoms with Crippen LogP contribution in [0.1, 0.15) is 49.7 Å². The number of piperidine rings is 1. The van der Waals surface area contributed by atoms with Crippen LogP contribution >= 0.6 is 11.3 Å². The van der Waals surface area contributed by atoms with Crippen molar-refractivity contribution in [1.82, 2.24) is 19.8 Å². The molecule has 2 aromatic rings. The number of ether oxygens (including phenoxy) is 1. The summed E-state index contributed by atoms with van der Waals surface area (Å²) in [6, 6.07) is 1.84. The minimum atomic E-state index is -0.681. The van der Waals surface area contributed by atoms with Crippen LogP contribution < -0.4 is 5.32 Å². The summed E-state index contributed by atoms with van der Waals surface area (Å²) in [5.41, 5.74) is 2.04. The molecule has 1 aliphatic rings. The predicted molar refractivity (Wildman–Crippen MR) is 141 cm³/mol. The molecule has 3 rings (SSSR count). The van der Waals surface area contributed by atoms with Crippen LogP contribution in [0.4, 0.5) is 10.6 Å². The first-order chi connectivity index (χ1) is 17.2. The van der Waals surface area contributed by atoms with E-state index >= 15 is 0 Å². The average Bonchev–Trinajstić information content (AvgIpc) is 3.35. The summed E-state index contributed by atoms with van der Waals surface area (Å²) in [7, 11) is 1.73. The molecule has 192 valence electrons. The zero-order valence-corrected chi connectivity index (χ0v) is 22.0. The molecule has 0 bridgehead atoms. The van der Waals surface area contributed by atoms with Crippen LogP contribution in [-0.2, 0) is 20.9 Å². The maximum Gasteiger partial charge on any atom is 0.410 e. The summed E-state index contributed by atoms with van der Waals surface area (Å²) in [6.45, 7) is 6.67. The molecular weight excluding hydrogens is 478 g/mol. The second-order valence-corrected chi connectivity index (χ2v) is 10.3. The monoisotopic (exact) mass is 511 g/mol. The second-order valence-electron chi connectivity index (χ2n) is 9.39. The number of aromatic nitrogens is 2. The predicted octanol–water partition coefficient (Wildman–Crippen LogP) is 4.24. The number of pyridine rings is 1. The molecule has 0 saturated carbocycles. The van der Waals surface area contributed by atoms with E-state index in [1.54, 1.807) is 63.7 Å². The van der Waals surface area contributed by atoms with Crippen molar-refractivity contribution in [3.05, 3.63) is 51.6 Å². The highest BCUT2D eigenvalue weighted by Gasteiger charge is 2.23. The van der Waals surface area contributed by atoms with E-state index in [9.17, 15) is 14.4 Å². The topological polar surface area (TPSA) is 105 Å².